The van der Waals surface area contributed by atoms with Crippen LogP contribution in [0.3, 0.4) is 0 Å². The number of aliphatic imine (C=N–C) groups is 1. The van der Waals surface area contributed by atoms with Gasteiger partial charge >= 0.3 is 0 Å². The summed E-state index contributed by atoms with van der Waals surface area (Å²) in [6.45, 7) is 4.32. The molecule has 3 N–H and O–H groups in total. The topological polar surface area (TPSA) is 70.7 Å². The summed E-state index contributed by atoms with van der Waals surface area (Å²) in [5.74, 6) is 0.433. The van der Waals surface area contributed by atoms with Crippen LogP contribution in [0.15, 0.2) is 60.1 Å². The molecule has 5 nitrogen and oxygen atoms in total. The Hall–Kier alpha value is -2.86. The molecule has 0 radical (unpaired) electrons. The van der Waals surface area contributed by atoms with Crippen molar-refractivity contribution in [2.75, 3.05) is 6.54 Å². The number of benzene rings is 2. The van der Waals surface area contributed by atoms with Crippen molar-refractivity contribution in [3.63, 3.8) is 0 Å². The number of amides is 1. The molecule has 2 aromatic rings. The van der Waals surface area contributed by atoms with E-state index in [1.54, 1.807) is 5.01 Å². The number of hydrogen-bond acceptors (Lipinski definition) is 4. The van der Waals surface area contributed by atoms with E-state index in [2.05, 4.69) is 17.0 Å². The van der Waals surface area contributed by atoms with Crippen molar-refractivity contribution in [2.45, 2.75) is 6.42 Å². The van der Waals surface area contributed by atoms with Crippen LogP contribution < -0.4 is 16.6 Å². The summed E-state index contributed by atoms with van der Waals surface area (Å²) in [6.07, 6.45) is 0.281. The van der Waals surface area contributed by atoms with Crippen molar-refractivity contribution in [3.8, 4) is 0 Å². The second kappa shape index (κ2) is 6.72. The first kappa shape index (κ1) is 16.0. The highest BCUT2D eigenvalue weighted by atomic mass is 16.2. The van der Waals surface area contributed by atoms with Crippen molar-refractivity contribution >= 4 is 36.4 Å². The minimum atomic E-state index is -0.139. The van der Waals surface area contributed by atoms with Crippen molar-refractivity contribution in [2.24, 2.45) is 10.7 Å². The summed E-state index contributed by atoms with van der Waals surface area (Å²) in [4.78, 5) is 17.0. The van der Waals surface area contributed by atoms with Crippen LogP contribution in [-0.2, 0) is 11.2 Å². The fraction of sp³-hybridized carbons (Fsp3) is 0.111. The molecule has 0 fully saturated rings. The maximum absolute atomic E-state index is 12.4. The molecule has 1 aliphatic heterocycles. The molecule has 0 spiro atoms. The second-order valence-corrected chi connectivity index (χ2v) is 5.68. The van der Waals surface area contributed by atoms with Crippen LogP contribution in [-0.4, -0.2) is 31.1 Å². The van der Waals surface area contributed by atoms with Crippen LogP contribution >= 0.6 is 0 Å². The first-order valence-corrected chi connectivity index (χ1v) is 7.80. The molecule has 24 heavy (non-hydrogen) atoms. The first-order valence-electron chi connectivity index (χ1n) is 7.80. The largest absolute Gasteiger partial charge is 0.324 e. The zero-order chi connectivity index (χ0) is 17.1. The van der Waals surface area contributed by atoms with Crippen LogP contribution in [0.4, 0.5) is 5.69 Å². The van der Waals surface area contributed by atoms with E-state index in [4.69, 9.17) is 5.73 Å². The Kier molecular flexibility index (Phi) is 4.49. The summed E-state index contributed by atoms with van der Waals surface area (Å²) in [5.41, 5.74) is 13.1. The maximum Gasteiger partial charge on any atom is 0.243 e. The highest BCUT2D eigenvalue weighted by Gasteiger charge is 2.25. The smallest absolute Gasteiger partial charge is 0.243 e. The number of para-hydroxylation sites is 1. The molecule has 0 aliphatic carbocycles. The van der Waals surface area contributed by atoms with Crippen LogP contribution in [0, 0.1) is 0 Å². The third kappa shape index (κ3) is 3.09. The van der Waals surface area contributed by atoms with Gasteiger partial charge < -0.3 is 5.73 Å². The number of nitrogens with one attached hydrogen (secondary N) is 1. The fourth-order valence-corrected chi connectivity index (χ4v) is 2.71. The minimum Gasteiger partial charge on any atom is -0.324 e. The molecular weight excluding hydrogens is 299 g/mol. The molecule has 0 unspecified atom stereocenters. The first-order chi connectivity index (χ1) is 11.6. The van der Waals surface area contributed by atoms with Crippen molar-refractivity contribution < 1.29 is 4.79 Å². The van der Waals surface area contributed by atoms with Gasteiger partial charge in [0.05, 0.1) is 24.4 Å². The summed E-state index contributed by atoms with van der Waals surface area (Å²) in [6, 6.07) is 15.5. The van der Waals surface area contributed by atoms with Gasteiger partial charge in [-0.25, -0.2) is 10.0 Å². The molecule has 0 atom stereocenters. The SMILES string of the molecule is Bc1cccc2c1N=C(CN)N(NC(=O)Cc1ccccc1)C2=C. The fourth-order valence-electron chi connectivity index (χ4n) is 2.71. The van der Waals surface area contributed by atoms with Crippen LogP contribution in [0.25, 0.3) is 5.70 Å². The molecule has 3 rings (SSSR count). The third-order valence-electron chi connectivity index (χ3n) is 3.94. The number of fused-ring (bicyclic) bond motifs is 1. The zero-order valence-electron chi connectivity index (χ0n) is 13.6. The molecular formula is C18H19BN4O. The van der Waals surface area contributed by atoms with E-state index in [1.807, 2.05) is 56.4 Å². The van der Waals surface area contributed by atoms with Gasteiger partial charge in [-0.15, -0.1) is 0 Å². The number of hydrazine groups is 1. The van der Waals surface area contributed by atoms with Gasteiger partial charge in [-0.2, -0.15) is 0 Å². The maximum atomic E-state index is 12.4. The van der Waals surface area contributed by atoms with Crippen LogP contribution in [0.1, 0.15) is 11.1 Å². The van der Waals surface area contributed by atoms with Gasteiger partial charge in [0.15, 0.2) is 0 Å². The Balaban J connectivity index is 1.83. The lowest BCUT2D eigenvalue weighted by Crippen LogP contribution is -2.49. The van der Waals surface area contributed by atoms with E-state index in [-0.39, 0.29) is 18.9 Å². The molecule has 120 valence electrons. The molecule has 1 heterocycles. The Labute approximate surface area is 142 Å². The predicted molar refractivity (Wildman–Crippen MR) is 99.9 cm³/mol. The molecule has 2 aromatic carbocycles. The normalized spacial score (nSPS) is 13.3. The quantitative estimate of drug-likeness (QED) is 0.806. The molecule has 0 saturated heterocycles. The van der Waals surface area contributed by atoms with Gasteiger partial charge in [0.1, 0.15) is 13.7 Å². The van der Waals surface area contributed by atoms with E-state index < -0.39 is 0 Å². The Morgan fingerprint density at radius 3 is 2.67 bits per heavy atom. The molecule has 0 aromatic heterocycles. The highest BCUT2D eigenvalue weighted by Crippen LogP contribution is 2.30. The van der Waals surface area contributed by atoms with Gasteiger partial charge in [0.25, 0.3) is 0 Å². The summed E-state index contributed by atoms with van der Waals surface area (Å²) in [7, 11) is 1.99. The van der Waals surface area contributed by atoms with Crippen LogP contribution in [0.2, 0.25) is 0 Å². The molecule has 0 saturated carbocycles. The standard InChI is InChI=1S/C18H19BN4O/c1-12-14-8-5-9-15(19)18(14)21-16(11-20)23(12)22-17(24)10-13-6-3-2-4-7-13/h2-9H,1,10-11,19-20H2,(H,22,24). The average Bonchev–Trinajstić information content (AvgIpc) is 2.58. The number of rotatable bonds is 4. The van der Waals surface area contributed by atoms with Crippen molar-refractivity contribution in [1.82, 2.24) is 10.4 Å². The number of nitrogens with two attached hydrogens (primary N) is 1. The van der Waals surface area contributed by atoms with E-state index in [1.165, 1.54) is 0 Å². The zero-order valence-corrected chi connectivity index (χ0v) is 13.6. The Bertz CT molecular complexity index is 817. The number of hydrogen-bond donors (Lipinski definition) is 2. The van der Waals surface area contributed by atoms with E-state index in [0.29, 0.717) is 11.5 Å². The Morgan fingerprint density at radius 2 is 1.96 bits per heavy atom. The summed E-state index contributed by atoms with van der Waals surface area (Å²) in [5, 5.41) is 1.59. The van der Waals surface area contributed by atoms with Gasteiger partial charge in [-0.05, 0) is 5.56 Å². The van der Waals surface area contributed by atoms with E-state index >= 15 is 0 Å². The average molecular weight is 318 g/mol. The van der Waals surface area contributed by atoms with Crippen molar-refractivity contribution in [3.05, 3.63) is 66.2 Å². The lowest BCUT2D eigenvalue weighted by Gasteiger charge is -2.32. The van der Waals surface area contributed by atoms with Crippen LogP contribution in [0.5, 0.6) is 0 Å². The number of carbonyl (C=O) groups is 1. The lowest BCUT2D eigenvalue weighted by molar-refractivity contribution is -0.122. The van der Waals surface area contributed by atoms with Gasteiger partial charge in [-0.1, -0.05) is 60.6 Å². The monoisotopic (exact) mass is 318 g/mol. The summed E-state index contributed by atoms with van der Waals surface area (Å²) < 4.78 is 0. The molecule has 1 amide bonds. The molecule has 0 bridgehead atoms. The minimum absolute atomic E-state index is 0.139. The van der Waals surface area contributed by atoms with E-state index in [0.717, 1.165) is 22.3 Å². The predicted octanol–water partition coefficient (Wildman–Crippen LogP) is 0.494. The van der Waals surface area contributed by atoms with E-state index in [9.17, 15) is 4.79 Å². The third-order valence-corrected chi connectivity index (χ3v) is 3.94. The van der Waals surface area contributed by atoms with Gasteiger partial charge in [0.2, 0.25) is 5.91 Å². The molecule has 6 heteroatoms. The van der Waals surface area contributed by atoms with Crippen molar-refractivity contribution in [1.29, 1.82) is 0 Å². The number of amidine groups is 1. The number of carbonyl (C=O) groups excluding carboxylic acids is 1. The van der Waals surface area contributed by atoms with Gasteiger partial charge in [-0.3, -0.25) is 10.2 Å². The summed E-state index contributed by atoms with van der Waals surface area (Å²) >= 11 is 0. The number of nitrogens with zero attached hydrogens (tertiary/aromatic N) is 2. The molecule has 1 aliphatic rings. The highest BCUT2D eigenvalue weighted by molar-refractivity contribution is 6.36. The second-order valence-electron chi connectivity index (χ2n) is 5.68. The Morgan fingerprint density at radius 1 is 1.21 bits per heavy atom. The lowest BCUT2D eigenvalue weighted by atomic mass is 9.90. The van der Waals surface area contributed by atoms with Gasteiger partial charge in [0, 0.05) is 5.56 Å².